The van der Waals surface area contributed by atoms with Gasteiger partial charge in [-0.15, -0.1) is 0 Å². The van der Waals surface area contributed by atoms with Crippen LogP contribution in [0.5, 0.6) is 5.75 Å². The SMILES string of the molecule is CCOc1cc(C)ccc1C(C)N. The fourth-order valence-corrected chi connectivity index (χ4v) is 1.30. The third-order valence-electron chi connectivity index (χ3n) is 1.96. The van der Waals surface area contributed by atoms with E-state index in [0.29, 0.717) is 6.61 Å². The van der Waals surface area contributed by atoms with Crippen LogP contribution in [0.3, 0.4) is 0 Å². The zero-order chi connectivity index (χ0) is 9.84. The van der Waals surface area contributed by atoms with Crippen molar-refractivity contribution in [3.8, 4) is 5.75 Å². The first-order chi connectivity index (χ1) is 6.15. The van der Waals surface area contributed by atoms with Gasteiger partial charge in [0, 0.05) is 11.6 Å². The van der Waals surface area contributed by atoms with Crippen LogP contribution < -0.4 is 10.5 Å². The number of hydrogen-bond donors (Lipinski definition) is 1. The minimum Gasteiger partial charge on any atom is -0.494 e. The van der Waals surface area contributed by atoms with Crippen molar-refractivity contribution in [3.05, 3.63) is 29.3 Å². The van der Waals surface area contributed by atoms with Crippen LogP contribution in [0, 0.1) is 6.92 Å². The molecule has 2 N–H and O–H groups in total. The second kappa shape index (κ2) is 4.28. The highest BCUT2D eigenvalue weighted by molar-refractivity contribution is 5.38. The molecule has 0 fully saturated rings. The second-order valence-corrected chi connectivity index (χ2v) is 3.26. The van der Waals surface area contributed by atoms with Gasteiger partial charge < -0.3 is 10.5 Å². The van der Waals surface area contributed by atoms with E-state index in [9.17, 15) is 0 Å². The molecule has 0 spiro atoms. The monoisotopic (exact) mass is 179 g/mol. The van der Waals surface area contributed by atoms with Crippen molar-refractivity contribution in [1.29, 1.82) is 0 Å². The van der Waals surface area contributed by atoms with Crippen molar-refractivity contribution < 1.29 is 4.74 Å². The molecule has 0 aliphatic heterocycles. The summed E-state index contributed by atoms with van der Waals surface area (Å²) in [4.78, 5) is 0. The van der Waals surface area contributed by atoms with Crippen LogP contribution in [0.25, 0.3) is 0 Å². The molecular weight excluding hydrogens is 162 g/mol. The van der Waals surface area contributed by atoms with Crippen LogP contribution in [0.2, 0.25) is 0 Å². The molecule has 0 saturated heterocycles. The molecule has 0 amide bonds. The molecule has 0 aliphatic rings. The highest BCUT2D eigenvalue weighted by Crippen LogP contribution is 2.24. The van der Waals surface area contributed by atoms with Gasteiger partial charge >= 0.3 is 0 Å². The molecular formula is C11H17NO. The average molecular weight is 179 g/mol. The minimum absolute atomic E-state index is 0.0298. The molecule has 1 rings (SSSR count). The molecule has 1 atom stereocenters. The first-order valence-corrected chi connectivity index (χ1v) is 4.64. The molecule has 0 radical (unpaired) electrons. The average Bonchev–Trinajstić information content (AvgIpc) is 2.04. The lowest BCUT2D eigenvalue weighted by atomic mass is 10.1. The van der Waals surface area contributed by atoms with Crippen LogP contribution >= 0.6 is 0 Å². The maximum Gasteiger partial charge on any atom is 0.124 e. The summed E-state index contributed by atoms with van der Waals surface area (Å²) in [6.07, 6.45) is 0. The highest BCUT2D eigenvalue weighted by atomic mass is 16.5. The van der Waals surface area contributed by atoms with Crippen molar-refractivity contribution in [1.82, 2.24) is 0 Å². The van der Waals surface area contributed by atoms with Gasteiger partial charge in [-0.05, 0) is 32.4 Å². The van der Waals surface area contributed by atoms with Crippen LogP contribution in [-0.4, -0.2) is 6.61 Å². The summed E-state index contributed by atoms with van der Waals surface area (Å²) < 4.78 is 5.50. The fraction of sp³-hybridized carbons (Fsp3) is 0.455. The van der Waals surface area contributed by atoms with E-state index in [0.717, 1.165) is 11.3 Å². The van der Waals surface area contributed by atoms with Crippen molar-refractivity contribution in [2.45, 2.75) is 26.8 Å². The number of aryl methyl sites for hydroxylation is 1. The Balaban J connectivity index is 3.03. The summed E-state index contributed by atoms with van der Waals surface area (Å²) in [5.74, 6) is 0.914. The lowest BCUT2D eigenvalue weighted by molar-refractivity contribution is 0.334. The quantitative estimate of drug-likeness (QED) is 0.773. The first kappa shape index (κ1) is 10.1. The molecule has 0 aromatic heterocycles. The van der Waals surface area contributed by atoms with Crippen molar-refractivity contribution in [2.75, 3.05) is 6.61 Å². The lowest BCUT2D eigenvalue weighted by Gasteiger charge is -2.13. The molecule has 1 aromatic carbocycles. The molecule has 2 heteroatoms. The Morgan fingerprint density at radius 1 is 1.46 bits per heavy atom. The van der Waals surface area contributed by atoms with Crippen LogP contribution in [-0.2, 0) is 0 Å². The second-order valence-electron chi connectivity index (χ2n) is 3.26. The molecule has 1 aromatic rings. The van der Waals surface area contributed by atoms with Crippen LogP contribution in [0.1, 0.15) is 31.0 Å². The van der Waals surface area contributed by atoms with E-state index in [-0.39, 0.29) is 6.04 Å². The summed E-state index contributed by atoms with van der Waals surface area (Å²) in [7, 11) is 0. The normalized spacial score (nSPS) is 12.6. The zero-order valence-electron chi connectivity index (χ0n) is 8.50. The highest BCUT2D eigenvalue weighted by Gasteiger charge is 2.07. The maximum atomic E-state index is 5.81. The Morgan fingerprint density at radius 3 is 2.69 bits per heavy atom. The standard InChI is InChI=1S/C11H17NO/c1-4-13-11-7-8(2)5-6-10(11)9(3)12/h5-7,9H,4,12H2,1-3H3. The van der Waals surface area contributed by atoms with Gasteiger partial charge in [0.25, 0.3) is 0 Å². The molecule has 72 valence electrons. The van der Waals surface area contributed by atoms with E-state index in [2.05, 4.69) is 6.07 Å². The smallest absolute Gasteiger partial charge is 0.124 e. The van der Waals surface area contributed by atoms with E-state index in [1.807, 2.05) is 32.9 Å². The molecule has 2 nitrogen and oxygen atoms in total. The van der Waals surface area contributed by atoms with Crippen LogP contribution in [0.15, 0.2) is 18.2 Å². The third kappa shape index (κ3) is 2.46. The third-order valence-corrected chi connectivity index (χ3v) is 1.96. The maximum absolute atomic E-state index is 5.81. The Hall–Kier alpha value is -1.02. The lowest BCUT2D eigenvalue weighted by Crippen LogP contribution is -2.08. The van der Waals surface area contributed by atoms with Gasteiger partial charge in [-0.3, -0.25) is 0 Å². The number of benzene rings is 1. The summed E-state index contributed by atoms with van der Waals surface area (Å²) in [5, 5.41) is 0. The van der Waals surface area contributed by atoms with Crippen molar-refractivity contribution >= 4 is 0 Å². The largest absolute Gasteiger partial charge is 0.494 e. The van der Waals surface area contributed by atoms with E-state index >= 15 is 0 Å². The molecule has 0 bridgehead atoms. The molecule has 1 unspecified atom stereocenters. The first-order valence-electron chi connectivity index (χ1n) is 4.64. The number of hydrogen-bond acceptors (Lipinski definition) is 2. The van der Waals surface area contributed by atoms with E-state index < -0.39 is 0 Å². The van der Waals surface area contributed by atoms with E-state index in [1.54, 1.807) is 0 Å². The van der Waals surface area contributed by atoms with Gasteiger partial charge in [-0.2, -0.15) is 0 Å². The Labute approximate surface area is 79.7 Å². The van der Waals surface area contributed by atoms with Crippen molar-refractivity contribution in [2.24, 2.45) is 5.73 Å². The molecule has 13 heavy (non-hydrogen) atoms. The molecule has 0 saturated carbocycles. The van der Waals surface area contributed by atoms with Crippen LogP contribution in [0.4, 0.5) is 0 Å². The summed E-state index contributed by atoms with van der Waals surface area (Å²) >= 11 is 0. The van der Waals surface area contributed by atoms with Crippen molar-refractivity contribution in [3.63, 3.8) is 0 Å². The number of nitrogens with two attached hydrogens (primary N) is 1. The minimum atomic E-state index is 0.0298. The summed E-state index contributed by atoms with van der Waals surface area (Å²) in [5.41, 5.74) is 8.09. The zero-order valence-corrected chi connectivity index (χ0v) is 8.50. The van der Waals surface area contributed by atoms with Gasteiger partial charge in [0.2, 0.25) is 0 Å². The van der Waals surface area contributed by atoms with Gasteiger partial charge in [-0.25, -0.2) is 0 Å². The molecule has 0 heterocycles. The van der Waals surface area contributed by atoms with Gasteiger partial charge in [0.1, 0.15) is 5.75 Å². The summed E-state index contributed by atoms with van der Waals surface area (Å²) in [6.45, 7) is 6.68. The summed E-state index contributed by atoms with van der Waals surface area (Å²) in [6, 6.07) is 6.15. The van der Waals surface area contributed by atoms with Gasteiger partial charge in [0.15, 0.2) is 0 Å². The van der Waals surface area contributed by atoms with Gasteiger partial charge in [0.05, 0.1) is 6.61 Å². The Bertz CT molecular complexity index is 281. The number of rotatable bonds is 3. The predicted molar refractivity (Wildman–Crippen MR) is 55.0 cm³/mol. The van der Waals surface area contributed by atoms with Gasteiger partial charge in [-0.1, -0.05) is 12.1 Å². The van der Waals surface area contributed by atoms with E-state index in [4.69, 9.17) is 10.5 Å². The topological polar surface area (TPSA) is 35.2 Å². The Morgan fingerprint density at radius 2 is 2.15 bits per heavy atom. The van der Waals surface area contributed by atoms with E-state index in [1.165, 1.54) is 5.56 Å². The Kier molecular flexibility index (Phi) is 3.32. The fourth-order valence-electron chi connectivity index (χ4n) is 1.30. The predicted octanol–water partition coefficient (Wildman–Crippen LogP) is 2.41. The molecule has 0 aliphatic carbocycles. The number of ether oxygens (including phenoxy) is 1.